The van der Waals surface area contributed by atoms with E-state index in [9.17, 15) is 0 Å². The maximum absolute atomic E-state index is 3.27. The molecule has 0 aliphatic carbocycles. The van der Waals surface area contributed by atoms with Gasteiger partial charge in [0.25, 0.3) is 0 Å². The van der Waals surface area contributed by atoms with Gasteiger partial charge in [0.15, 0.2) is 0 Å². The van der Waals surface area contributed by atoms with Crippen LogP contribution in [0.25, 0.3) is 0 Å². The Morgan fingerprint density at radius 3 is 2.09 bits per heavy atom. The van der Waals surface area contributed by atoms with Gasteiger partial charge in [0.05, 0.1) is 8.07 Å². The second-order valence-corrected chi connectivity index (χ2v) is 8.56. The summed E-state index contributed by atoms with van der Waals surface area (Å²) in [6.45, 7) is 7.00. The summed E-state index contributed by atoms with van der Waals surface area (Å²) in [7, 11) is -1.09. The Bertz CT molecular complexity index is 201. The van der Waals surface area contributed by atoms with E-state index in [2.05, 4.69) is 37.8 Å². The summed E-state index contributed by atoms with van der Waals surface area (Å²) in [5, 5.41) is 1.41. The van der Waals surface area contributed by atoms with Crippen LogP contribution in [0.5, 0.6) is 0 Å². The van der Waals surface area contributed by atoms with Gasteiger partial charge in [0, 0.05) is 21.1 Å². The van der Waals surface area contributed by atoms with Gasteiger partial charge in [0.1, 0.15) is 0 Å². The van der Waals surface area contributed by atoms with Gasteiger partial charge in [0.2, 0.25) is 0 Å². The molecule has 0 nitrogen and oxygen atoms in total. The summed E-state index contributed by atoms with van der Waals surface area (Å²) in [4.78, 5) is 0. The van der Waals surface area contributed by atoms with E-state index in [0.717, 1.165) is 0 Å². The van der Waals surface area contributed by atoms with E-state index in [1.165, 1.54) is 5.19 Å². The van der Waals surface area contributed by atoms with E-state index >= 15 is 0 Å². The predicted molar refractivity (Wildman–Crippen MR) is 48.3 cm³/mol. The van der Waals surface area contributed by atoms with E-state index in [1.54, 1.807) is 0 Å². The fourth-order valence-corrected chi connectivity index (χ4v) is 1.97. The third-order valence-corrected chi connectivity index (χ3v) is 3.44. The Labute approximate surface area is 84.3 Å². The summed E-state index contributed by atoms with van der Waals surface area (Å²) in [5.74, 6) is 0. The molecule has 0 heterocycles. The van der Waals surface area contributed by atoms with Gasteiger partial charge < -0.3 is 0 Å². The molecule has 0 spiro atoms. The molecule has 0 fully saturated rings. The Kier molecular flexibility index (Phi) is 4.27. The van der Waals surface area contributed by atoms with Crippen molar-refractivity contribution in [2.75, 3.05) is 0 Å². The summed E-state index contributed by atoms with van der Waals surface area (Å²) in [6, 6.07) is 11.5. The van der Waals surface area contributed by atoms with Crippen LogP contribution in [0.2, 0.25) is 19.6 Å². The first-order valence-electron chi connectivity index (χ1n) is 3.58. The third-order valence-electron chi connectivity index (χ3n) is 1.52. The minimum absolute atomic E-state index is 0. The van der Waals surface area contributed by atoms with Crippen LogP contribution in [0.3, 0.4) is 0 Å². The minimum atomic E-state index is -1.09. The number of benzene rings is 1. The molecule has 64 valence electrons. The number of hydrogen-bond donors (Lipinski definition) is 0. The Morgan fingerprint density at radius 2 is 1.82 bits per heavy atom. The van der Waals surface area contributed by atoms with Crippen LogP contribution in [0.4, 0.5) is 0 Å². The third kappa shape index (κ3) is 3.35. The molecule has 0 aliphatic rings. The van der Waals surface area contributed by atoms with Crippen LogP contribution in [0.1, 0.15) is 0 Å². The van der Waals surface area contributed by atoms with Crippen molar-refractivity contribution in [1.29, 1.82) is 0 Å². The molecule has 0 radical (unpaired) electrons. The summed E-state index contributed by atoms with van der Waals surface area (Å²) in [5.41, 5.74) is 0. The monoisotopic (exact) mass is 344 g/mol. The maximum atomic E-state index is 3.27. The molecular weight excluding hydrogens is 331 g/mol. The molecule has 0 saturated heterocycles. The first kappa shape index (κ1) is 11.1. The predicted octanol–water partition coefficient (Wildman–Crippen LogP) is 2.03. The van der Waals surface area contributed by atoms with Gasteiger partial charge in [-0.1, -0.05) is 19.6 Å². The van der Waals surface area contributed by atoms with E-state index < -0.39 is 8.07 Å². The van der Waals surface area contributed by atoms with Crippen LogP contribution in [0.15, 0.2) is 24.3 Å². The van der Waals surface area contributed by atoms with Crippen molar-refractivity contribution in [1.82, 2.24) is 0 Å². The van der Waals surface area contributed by atoms with Crippen molar-refractivity contribution in [3.8, 4) is 0 Å². The van der Waals surface area contributed by atoms with E-state index in [-0.39, 0.29) is 21.1 Å². The zero-order valence-corrected chi connectivity index (χ0v) is 10.4. The average Bonchev–Trinajstić information content (AvgIpc) is 1.88. The molecule has 1 rings (SSSR count). The number of rotatable bonds is 1. The van der Waals surface area contributed by atoms with E-state index in [1.807, 2.05) is 12.1 Å². The molecule has 0 bridgehead atoms. The van der Waals surface area contributed by atoms with E-state index in [0.29, 0.717) is 0 Å². The second-order valence-electron chi connectivity index (χ2n) is 3.53. The standard InChI is InChI=1S/C9H13Si.Pt/c1-10(2,3)9-7-5-4-6-8-9;/h4-7H,1-3H3;/q-1;. The van der Waals surface area contributed by atoms with Crippen LogP contribution >= 0.6 is 0 Å². The van der Waals surface area contributed by atoms with Gasteiger partial charge in [-0.05, 0) is 0 Å². The van der Waals surface area contributed by atoms with Crippen LogP contribution < -0.4 is 5.19 Å². The zero-order valence-electron chi connectivity index (χ0n) is 7.13. The Morgan fingerprint density at radius 1 is 1.18 bits per heavy atom. The maximum Gasteiger partial charge on any atom is 0.0510 e. The smallest absolute Gasteiger partial charge is 0.0510 e. The van der Waals surface area contributed by atoms with Gasteiger partial charge in [-0.2, -0.15) is 35.5 Å². The molecule has 0 saturated carbocycles. The molecule has 0 aliphatic heterocycles. The molecule has 1 aromatic carbocycles. The van der Waals surface area contributed by atoms with Gasteiger partial charge >= 0.3 is 0 Å². The molecule has 2 heteroatoms. The van der Waals surface area contributed by atoms with Crippen molar-refractivity contribution in [3.63, 3.8) is 0 Å². The topological polar surface area (TPSA) is 0 Å². The summed E-state index contributed by atoms with van der Waals surface area (Å²) < 4.78 is 0. The molecule has 11 heavy (non-hydrogen) atoms. The molecule has 1 aromatic rings. The molecule has 0 atom stereocenters. The van der Waals surface area contributed by atoms with Crippen LogP contribution in [-0.4, -0.2) is 8.07 Å². The van der Waals surface area contributed by atoms with Crippen molar-refractivity contribution in [3.05, 3.63) is 30.3 Å². The first-order chi connectivity index (χ1) is 4.61. The molecule has 0 unspecified atom stereocenters. The molecule has 0 N–H and O–H groups in total. The largest absolute Gasteiger partial charge is 0.184 e. The molecule has 0 aromatic heterocycles. The van der Waals surface area contributed by atoms with Gasteiger partial charge in [-0.3, -0.25) is 0 Å². The quantitative estimate of drug-likeness (QED) is 0.540. The summed E-state index contributed by atoms with van der Waals surface area (Å²) >= 11 is 0. The minimum Gasteiger partial charge on any atom is -0.184 e. The van der Waals surface area contributed by atoms with Gasteiger partial charge in [-0.25, -0.2) is 0 Å². The average molecular weight is 344 g/mol. The van der Waals surface area contributed by atoms with E-state index in [4.69, 9.17) is 0 Å². The van der Waals surface area contributed by atoms with Crippen molar-refractivity contribution in [2.45, 2.75) is 19.6 Å². The molecular formula is C9H13PtSi-. The second kappa shape index (κ2) is 4.23. The summed E-state index contributed by atoms with van der Waals surface area (Å²) in [6.07, 6.45) is 0. The fraction of sp³-hybridized carbons (Fsp3) is 0.333. The van der Waals surface area contributed by atoms with Crippen molar-refractivity contribution in [2.24, 2.45) is 0 Å². The fourth-order valence-electron chi connectivity index (χ4n) is 0.860. The molecule has 0 amide bonds. The van der Waals surface area contributed by atoms with Crippen LogP contribution in [-0.2, 0) is 21.1 Å². The number of hydrogen-bond acceptors (Lipinski definition) is 0. The van der Waals surface area contributed by atoms with Crippen molar-refractivity contribution < 1.29 is 21.1 Å². The van der Waals surface area contributed by atoms with Gasteiger partial charge in [-0.15, -0.1) is 0 Å². The zero-order chi connectivity index (χ0) is 7.61. The first-order valence-corrected chi connectivity index (χ1v) is 7.08. The Balaban J connectivity index is 0.000001000. The SMILES string of the molecule is C[Si](C)(C)c1[c-]cccc1.[Pt]. The van der Waals surface area contributed by atoms with Crippen molar-refractivity contribution >= 4 is 13.3 Å². The Hall–Kier alpha value is 0.125. The van der Waals surface area contributed by atoms with Crippen LogP contribution in [0, 0.1) is 6.07 Å². The normalized spacial score (nSPS) is 10.5.